The summed E-state index contributed by atoms with van der Waals surface area (Å²) < 4.78 is 11.1. The minimum atomic E-state index is -0.496. The molecule has 1 aromatic rings. The van der Waals surface area contributed by atoms with E-state index < -0.39 is 5.60 Å². The van der Waals surface area contributed by atoms with E-state index in [9.17, 15) is 4.79 Å². The summed E-state index contributed by atoms with van der Waals surface area (Å²) in [5.41, 5.74) is 0.508. The van der Waals surface area contributed by atoms with Crippen LogP contribution < -0.4 is 10.6 Å². The summed E-state index contributed by atoms with van der Waals surface area (Å²) in [4.78, 5) is 20.1. The van der Waals surface area contributed by atoms with Gasteiger partial charge in [-0.1, -0.05) is 0 Å². The van der Waals surface area contributed by atoms with Gasteiger partial charge in [-0.05, 0) is 27.2 Å². The average molecular weight is 320 g/mol. The molecule has 2 heterocycles. The molecule has 3 rings (SSSR count). The summed E-state index contributed by atoms with van der Waals surface area (Å²) in [7, 11) is 0. The van der Waals surface area contributed by atoms with E-state index >= 15 is 0 Å². The molecule has 1 saturated heterocycles. The van der Waals surface area contributed by atoms with Gasteiger partial charge in [0.05, 0.1) is 18.2 Å². The second-order valence-corrected chi connectivity index (χ2v) is 7.11. The van der Waals surface area contributed by atoms with Crippen LogP contribution in [0.5, 0.6) is 0 Å². The highest BCUT2D eigenvalue weighted by molar-refractivity contribution is 5.68. The van der Waals surface area contributed by atoms with Crippen molar-refractivity contribution < 1.29 is 14.3 Å². The molecule has 0 radical (unpaired) electrons. The number of ether oxygens (including phenoxy) is 2. The third-order valence-corrected chi connectivity index (χ3v) is 4.22. The van der Waals surface area contributed by atoms with E-state index in [2.05, 4.69) is 20.6 Å². The Balaban J connectivity index is 1.58. The zero-order valence-corrected chi connectivity index (χ0v) is 13.8. The first-order valence-electron chi connectivity index (χ1n) is 8.02. The standard InChI is InChI=1S/C16H24N4O3/c1-16(2,3)23-15(21)20-12-11-4-5-22-14(11)13(12)19-8-10-6-17-9-18-7-10/h6-7,9,11-14,19H,4-5,8H2,1-3H3,(H,20,21). The fourth-order valence-corrected chi connectivity index (χ4v) is 3.25. The lowest BCUT2D eigenvalue weighted by atomic mass is 9.71. The van der Waals surface area contributed by atoms with Crippen LogP contribution in [0.1, 0.15) is 32.8 Å². The Kier molecular flexibility index (Phi) is 4.50. The fraction of sp³-hybridized carbons (Fsp3) is 0.688. The van der Waals surface area contributed by atoms with E-state index in [1.807, 2.05) is 20.8 Å². The number of nitrogens with one attached hydrogen (secondary N) is 2. The molecule has 1 aromatic heterocycles. The summed E-state index contributed by atoms with van der Waals surface area (Å²) in [5, 5.41) is 6.45. The SMILES string of the molecule is CC(C)(C)OC(=O)NC1C2CCOC2C1NCc1cncnc1. The van der Waals surface area contributed by atoms with Crippen LogP contribution in [-0.2, 0) is 16.0 Å². The van der Waals surface area contributed by atoms with Crippen LogP contribution in [0.2, 0.25) is 0 Å². The van der Waals surface area contributed by atoms with Gasteiger partial charge in [0.2, 0.25) is 0 Å². The van der Waals surface area contributed by atoms with Crippen LogP contribution in [0, 0.1) is 5.92 Å². The van der Waals surface area contributed by atoms with Gasteiger partial charge in [-0.15, -0.1) is 0 Å². The molecule has 1 aliphatic carbocycles. The Hall–Kier alpha value is -1.73. The van der Waals surface area contributed by atoms with Gasteiger partial charge in [-0.2, -0.15) is 0 Å². The first kappa shape index (κ1) is 16.1. The molecule has 2 fully saturated rings. The number of fused-ring (bicyclic) bond motifs is 1. The maximum atomic E-state index is 12.0. The molecule has 1 amide bonds. The quantitative estimate of drug-likeness (QED) is 0.868. The Morgan fingerprint density at radius 2 is 2.09 bits per heavy atom. The van der Waals surface area contributed by atoms with Crippen molar-refractivity contribution in [1.82, 2.24) is 20.6 Å². The van der Waals surface area contributed by atoms with Crippen molar-refractivity contribution in [1.29, 1.82) is 0 Å². The second-order valence-electron chi connectivity index (χ2n) is 7.11. The molecule has 0 spiro atoms. The molecule has 126 valence electrons. The maximum absolute atomic E-state index is 12.0. The first-order valence-corrected chi connectivity index (χ1v) is 8.02. The molecule has 1 aliphatic heterocycles. The van der Waals surface area contributed by atoms with Gasteiger partial charge in [0.1, 0.15) is 11.9 Å². The number of amides is 1. The highest BCUT2D eigenvalue weighted by Crippen LogP contribution is 2.39. The summed E-state index contributed by atoms with van der Waals surface area (Å²) in [5.74, 6) is 0.354. The molecule has 23 heavy (non-hydrogen) atoms. The Morgan fingerprint density at radius 1 is 1.35 bits per heavy atom. The molecule has 7 heteroatoms. The molecular formula is C16H24N4O3. The predicted molar refractivity (Wildman–Crippen MR) is 83.7 cm³/mol. The van der Waals surface area contributed by atoms with Crippen molar-refractivity contribution in [2.24, 2.45) is 5.92 Å². The second kappa shape index (κ2) is 6.41. The number of alkyl carbamates (subject to hydrolysis) is 1. The zero-order valence-electron chi connectivity index (χ0n) is 13.8. The molecule has 0 bridgehead atoms. The number of rotatable bonds is 4. The largest absolute Gasteiger partial charge is 0.444 e. The Labute approximate surface area is 136 Å². The minimum absolute atomic E-state index is 0.0296. The molecule has 4 unspecified atom stereocenters. The number of hydrogen-bond donors (Lipinski definition) is 2. The van der Waals surface area contributed by atoms with E-state index in [0.717, 1.165) is 18.6 Å². The van der Waals surface area contributed by atoms with Crippen LogP contribution in [0.25, 0.3) is 0 Å². The molecule has 2 aliphatic rings. The van der Waals surface area contributed by atoms with Crippen molar-refractivity contribution in [2.45, 2.75) is 57.5 Å². The van der Waals surface area contributed by atoms with Crippen molar-refractivity contribution in [2.75, 3.05) is 6.61 Å². The maximum Gasteiger partial charge on any atom is 0.407 e. The van der Waals surface area contributed by atoms with Crippen molar-refractivity contribution in [3.8, 4) is 0 Å². The van der Waals surface area contributed by atoms with Gasteiger partial charge in [-0.3, -0.25) is 0 Å². The van der Waals surface area contributed by atoms with Gasteiger partial charge >= 0.3 is 6.09 Å². The summed E-state index contributed by atoms with van der Waals surface area (Å²) in [6.45, 7) is 6.97. The highest BCUT2D eigenvalue weighted by atomic mass is 16.6. The van der Waals surface area contributed by atoms with E-state index in [0.29, 0.717) is 12.5 Å². The van der Waals surface area contributed by atoms with E-state index in [4.69, 9.17) is 9.47 Å². The summed E-state index contributed by atoms with van der Waals surface area (Å²) in [6, 6.07) is 0.109. The number of aromatic nitrogens is 2. The Bertz CT molecular complexity index is 546. The molecule has 0 aromatic carbocycles. The lowest BCUT2D eigenvalue weighted by molar-refractivity contribution is -0.0344. The zero-order chi connectivity index (χ0) is 16.4. The molecular weight excluding hydrogens is 296 g/mol. The van der Waals surface area contributed by atoms with Crippen LogP contribution in [-0.4, -0.2) is 46.5 Å². The van der Waals surface area contributed by atoms with Crippen LogP contribution in [0.3, 0.4) is 0 Å². The third-order valence-electron chi connectivity index (χ3n) is 4.22. The van der Waals surface area contributed by atoms with E-state index in [1.165, 1.54) is 6.33 Å². The predicted octanol–water partition coefficient (Wildman–Crippen LogP) is 1.25. The smallest absolute Gasteiger partial charge is 0.407 e. The summed E-state index contributed by atoms with van der Waals surface area (Å²) >= 11 is 0. The topological polar surface area (TPSA) is 85.4 Å². The first-order chi connectivity index (χ1) is 10.9. The van der Waals surface area contributed by atoms with Crippen molar-refractivity contribution >= 4 is 6.09 Å². The van der Waals surface area contributed by atoms with Gasteiger partial charge in [0.15, 0.2) is 0 Å². The van der Waals surface area contributed by atoms with Gasteiger partial charge in [-0.25, -0.2) is 14.8 Å². The average Bonchev–Trinajstić information content (AvgIpc) is 2.89. The van der Waals surface area contributed by atoms with Gasteiger partial charge < -0.3 is 20.1 Å². The van der Waals surface area contributed by atoms with E-state index in [-0.39, 0.29) is 24.3 Å². The molecule has 4 atom stereocenters. The minimum Gasteiger partial charge on any atom is -0.444 e. The fourth-order valence-electron chi connectivity index (χ4n) is 3.25. The lowest BCUT2D eigenvalue weighted by Gasteiger charge is -2.48. The van der Waals surface area contributed by atoms with Crippen LogP contribution in [0.4, 0.5) is 4.79 Å². The third kappa shape index (κ3) is 3.79. The monoisotopic (exact) mass is 320 g/mol. The molecule has 7 nitrogen and oxygen atoms in total. The van der Waals surface area contributed by atoms with Crippen molar-refractivity contribution in [3.05, 3.63) is 24.3 Å². The lowest BCUT2D eigenvalue weighted by Crippen LogP contribution is -2.70. The number of carbonyl (C=O) groups excluding carboxylic acids is 1. The molecule has 2 N–H and O–H groups in total. The van der Waals surface area contributed by atoms with Crippen molar-refractivity contribution in [3.63, 3.8) is 0 Å². The van der Waals surface area contributed by atoms with E-state index in [1.54, 1.807) is 12.4 Å². The van der Waals surface area contributed by atoms with Gasteiger partial charge in [0.25, 0.3) is 0 Å². The summed E-state index contributed by atoms with van der Waals surface area (Å²) in [6.07, 6.45) is 5.82. The van der Waals surface area contributed by atoms with Gasteiger partial charge in [0, 0.05) is 37.0 Å². The number of nitrogens with zero attached hydrogens (tertiary/aromatic N) is 2. The molecule has 1 saturated carbocycles. The number of hydrogen-bond acceptors (Lipinski definition) is 6. The van der Waals surface area contributed by atoms with Crippen LogP contribution >= 0.6 is 0 Å². The normalized spacial score (nSPS) is 29.5. The number of carbonyl (C=O) groups is 1. The Morgan fingerprint density at radius 3 is 2.78 bits per heavy atom. The highest BCUT2D eigenvalue weighted by Gasteiger charge is 2.54. The van der Waals surface area contributed by atoms with Crippen LogP contribution in [0.15, 0.2) is 18.7 Å².